The fraction of sp³-hybridized carbons (Fsp3) is 0.389. The number of nitrogens with zero attached hydrogens (tertiary/aromatic N) is 4. The molecule has 1 aliphatic rings. The van der Waals surface area contributed by atoms with Gasteiger partial charge in [0.1, 0.15) is 17.8 Å². The highest BCUT2D eigenvalue weighted by molar-refractivity contribution is 5.94. The molecule has 0 aliphatic heterocycles. The molecule has 11 heteroatoms. The second kappa shape index (κ2) is 17.8. The Bertz CT molecular complexity index is 1660. The minimum atomic E-state index is -0.400. The van der Waals surface area contributed by atoms with E-state index in [4.69, 9.17) is 0 Å². The smallest absolute Gasteiger partial charge is 0.270 e. The van der Waals surface area contributed by atoms with Crippen molar-refractivity contribution in [2.45, 2.75) is 46.0 Å². The van der Waals surface area contributed by atoms with Gasteiger partial charge in [0.05, 0.1) is 18.3 Å². The Morgan fingerprint density at radius 1 is 1.02 bits per heavy atom. The minimum Gasteiger partial charge on any atom is -0.344 e. The van der Waals surface area contributed by atoms with Crippen LogP contribution in [0.4, 0.5) is 5.82 Å². The number of likely N-dealkylation sites (N-methyl/N-ethyl adjacent to an activating group) is 1. The number of aromatic amines is 1. The van der Waals surface area contributed by atoms with Crippen LogP contribution in [-0.2, 0) is 22.4 Å². The maximum Gasteiger partial charge on any atom is 0.270 e. The maximum atomic E-state index is 12.8. The highest BCUT2D eigenvalue weighted by atomic mass is 16.2. The molecule has 1 aliphatic carbocycles. The molecule has 5 rings (SSSR count). The molecule has 0 spiro atoms. The molecule has 0 fully saturated rings. The monoisotopic (exact) mass is 638 g/mol. The Balaban J connectivity index is 0.000000379. The number of carbonyl (C=O) groups excluding carboxylic acids is 3. The Morgan fingerprint density at radius 2 is 1.85 bits per heavy atom. The van der Waals surface area contributed by atoms with E-state index in [0.29, 0.717) is 24.9 Å². The lowest BCUT2D eigenvalue weighted by atomic mass is 10.1. The van der Waals surface area contributed by atoms with Gasteiger partial charge in [0.25, 0.3) is 5.91 Å². The molecule has 1 unspecified atom stereocenters. The number of carbonyl (C=O) groups is 3. The standard InChI is InChI=1S/C27H36N6O3.C9H10N2/c1-28-10-4-3-5-12-33(2)13-6-7-20-8-9-25(31-18-20)32-26(35)22-15-21-17-24(27(36)29-11-14-34)30-19-23(21)16-22;1-6-3-7(2)9-8(4-6)5-10-11-9/h6-9,14,17-19,22,28H,3-5,10-13,15-16H2,1-2H3,(H,29,36)(H,31,32,35);3-5H,1-2H3,(H,10,11)/b7-6+;. The van der Waals surface area contributed by atoms with Crippen LogP contribution in [0.5, 0.6) is 0 Å². The highest BCUT2D eigenvalue weighted by Gasteiger charge is 2.29. The van der Waals surface area contributed by atoms with Crippen molar-refractivity contribution >= 4 is 40.9 Å². The van der Waals surface area contributed by atoms with Crippen LogP contribution in [0.25, 0.3) is 17.0 Å². The zero-order valence-electron chi connectivity index (χ0n) is 27.8. The van der Waals surface area contributed by atoms with E-state index < -0.39 is 5.91 Å². The van der Waals surface area contributed by atoms with Crippen molar-refractivity contribution in [3.8, 4) is 0 Å². The number of rotatable bonds is 14. The van der Waals surface area contributed by atoms with Crippen molar-refractivity contribution in [2.24, 2.45) is 5.92 Å². The van der Waals surface area contributed by atoms with Crippen LogP contribution in [0, 0.1) is 19.8 Å². The van der Waals surface area contributed by atoms with Gasteiger partial charge in [0, 0.05) is 30.2 Å². The largest absolute Gasteiger partial charge is 0.344 e. The molecule has 0 radical (unpaired) electrons. The molecule has 4 aromatic rings. The number of pyridine rings is 2. The van der Waals surface area contributed by atoms with E-state index >= 15 is 0 Å². The van der Waals surface area contributed by atoms with E-state index in [0.717, 1.165) is 41.8 Å². The first-order chi connectivity index (χ1) is 22.8. The number of hydrogen-bond acceptors (Lipinski definition) is 8. The molecule has 248 valence electrons. The van der Waals surface area contributed by atoms with Crippen LogP contribution >= 0.6 is 0 Å². The lowest BCUT2D eigenvalue weighted by molar-refractivity contribution is -0.119. The van der Waals surface area contributed by atoms with Crippen LogP contribution in [0.2, 0.25) is 0 Å². The normalized spacial score (nSPS) is 13.8. The number of benzene rings is 1. The van der Waals surface area contributed by atoms with Gasteiger partial charge in [0.15, 0.2) is 0 Å². The number of nitrogens with one attached hydrogen (secondary N) is 4. The van der Waals surface area contributed by atoms with Crippen LogP contribution < -0.4 is 16.0 Å². The van der Waals surface area contributed by atoms with Crippen LogP contribution in [0.3, 0.4) is 0 Å². The van der Waals surface area contributed by atoms with Gasteiger partial charge >= 0.3 is 0 Å². The predicted molar refractivity (Wildman–Crippen MR) is 186 cm³/mol. The molecule has 3 heterocycles. The Kier molecular flexibility index (Phi) is 13.3. The summed E-state index contributed by atoms with van der Waals surface area (Å²) in [6.45, 7) is 7.16. The molecule has 11 nitrogen and oxygen atoms in total. The fourth-order valence-corrected chi connectivity index (χ4v) is 5.58. The highest BCUT2D eigenvalue weighted by Crippen LogP contribution is 2.27. The first kappa shape index (κ1) is 35.1. The zero-order valence-corrected chi connectivity index (χ0v) is 27.8. The lowest BCUT2D eigenvalue weighted by Gasteiger charge is -2.13. The van der Waals surface area contributed by atoms with Crippen LogP contribution in [0.1, 0.15) is 57.6 Å². The number of hydrogen-bond donors (Lipinski definition) is 4. The van der Waals surface area contributed by atoms with Crippen molar-refractivity contribution in [3.63, 3.8) is 0 Å². The van der Waals surface area contributed by atoms with Gasteiger partial charge < -0.3 is 25.6 Å². The van der Waals surface area contributed by atoms with Gasteiger partial charge in [-0.1, -0.05) is 30.2 Å². The second-order valence-electron chi connectivity index (χ2n) is 12.0. The number of amides is 2. The number of aryl methyl sites for hydroxylation is 2. The predicted octanol–water partition coefficient (Wildman–Crippen LogP) is 4.27. The van der Waals surface area contributed by atoms with E-state index in [1.54, 1.807) is 18.5 Å². The van der Waals surface area contributed by atoms with Crippen molar-refractivity contribution in [3.05, 3.63) is 88.5 Å². The topological polar surface area (TPSA) is 145 Å². The fourth-order valence-electron chi connectivity index (χ4n) is 5.58. The van der Waals surface area contributed by atoms with Gasteiger partial charge in [-0.3, -0.25) is 19.7 Å². The molecule has 0 saturated heterocycles. The number of H-pyrrole nitrogens is 1. The number of unbranched alkanes of at least 4 members (excludes halogenated alkanes) is 2. The summed E-state index contributed by atoms with van der Waals surface area (Å²) in [7, 11) is 4.11. The summed E-state index contributed by atoms with van der Waals surface area (Å²) in [5, 5.41) is 16.7. The summed E-state index contributed by atoms with van der Waals surface area (Å²) in [5.41, 5.74) is 6.81. The Labute approximate surface area is 276 Å². The third kappa shape index (κ3) is 10.7. The summed E-state index contributed by atoms with van der Waals surface area (Å²) in [6.07, 6.45) is 14.8. The van der Waals surface area contributed by atoms with Crippen molar-refractivity contribution in [1.82, 2.24) is 35.7 Å². The summed E-state index contributed by atoms with van der Waals surface area (Å²) >= 11 is 0. The number of aldehydes is 1. The summed E-state index contributed by atoms with van der Waals surface area (Å²) in [5.74, 6) is -0.239. The molecule has 1 aromatic carbocycles. The Hall–Kier alpha value is -4.74. The molecule has 0 saturated carbocycles. The van der Waals surface area contributed by atoms with Crippen molar-refractivity contribution in [2.75, 3.05) is 45.6 Å². The summed E-state index contributed by atoms with van der Waals surface area (Å²) in [4.78, 5) is 46.1. The average molecular weight is 639 g/mol. The molecular weight excluding hydrogens is 592 g/mol. The molecular formula is C36H46N8O3. The van der Waals surface area contributed by atoms with E-state index in [1.165, 1.54) is 35.8 Å². The molecule has 47 heavy (non-hydrogen) atoms. The number of fused-ring (bicyclic) bond motifs is 2. The SMILES string of the molecule is CNCCCCCN(C)C/C=C/c1ccc(NC(=O)C2Cc3cnc(C(=O)NCC=O)cc3C2)nc1.Cc1cc(C)c2[nH]ncc2c1. The quantitative estimate of drug-likeness (QED) is 0.118. The van der Waals surface area contributed by atoms with Crippen LogP contribution in [0.15, 0.2) is 55.0 Å². The van der Waals surface area contributed by atoms with E-state index in [2.05, 4.69) is 80.1 Å². The third-order valence-corrected chi connectivity index (χ3v) is 8.09. The van der Waals surface area contributed by atoms with Gasteiger partial charge in [-0.2, -0.15) is 5.10 Å². The molecule has 1 atom stereocenters. The average Bonchev–Trinajstić information content (AvgIpc) is 3.72. The second-order valence-corrected chi connectivity index (χ2v) is 12.0. The maximum absolute atomic E-state index is 12.8. The van der Waals surface area contributed by atoms with Crippen molar-refractivity contribution in [1.29, 1.82) is 0 Å². The molecule has 4 N–H and O–H groups in total. The molecule has 3 aromatic heterocycles. The van der Waals surface area contributed by atoms with Crippen LogP contribution in [-0.4, -0.2) is 83.4 Å². The molecule has 2 amide bonds. The zero-order chi connectivity index (χ0) is 33.6. The van der Waals surface area contributed by atoms with E-state index in [1.807, 2.05) is 31.5 Å². The summed E-state index contributed by atoms with van der Waals surface area (Å²) < 4.78 is 0. The van der Waals surface area contributed by atoms with E-state index in [9.17, 15) is 14.4 Å². The molecule has 0 bridgehead atoms. The Morgan fingerprint density at radius 3 is 2.62 bits per heavy atom. The van der Waals surface area contributed by atoms with Crippen molar-refractivity contribution < 1.29 is 14.4 Å². The number of anilines is 1. The van der Waals surface area contributed by atoms with Gasteiger partial charge in [0.2, 0.25) is 5.91 Å². The van der Waals surface area contributed by atoms with Gasteiger partial charge in [-0.05, 0) is 113 Å². The minimum absolute atomic E-state index is 0.0568. The summed E-state index contributed by atoms with van der Waals surface area (Å²) in [6, 6.07) is 9.73. The third-order valence-electron chi connectivity index (χ3n) is 8.09. The first-order valence-corrected chi connectivity index (χ1v) is 16.1. The lowest BCUT2D eigenvalue weighted by Crippen LogP contribution is -2.26. The van der Waals surface area contributed by atoms with E-state index in [-0.39, 0.29) is 24.1 Å². The van der Waals surface area contributed by atoms with Gasteiger partial charge in [-0.25, -0.2) is 4.98 Å². The number of aromatic nitrogens is 4. The first-order valence-electron chi connectivity index (χ1n) is 16.1. The van der Waals surface area contributed by atoms with Gasteiger partial charge in [-0.15, -0.1) is 0 Å².